The highest BCUT2D eigenvalue weighted by Crippen LogP contribution is 2.28. The van der Waals surface area contributed by atoms with E-state index >= 15 is 0 Å². The first-order valence-electron chi connectivity index (χ1n) is 3.99. The van der Waals surface area contributed by atoms with Gasteiger partial charge in [0.2, 0.25) is 0 Å². The Kier molecular flexibility index (Phi) is 1.85. The smallest absolute Gasteiger partial charge is 0.0948 e. The van der Waals surface area contributed by atoms with Gasteiger partial charge in [0, 0.05) is 11.6 Å². The molecule has 0 radical (unpaired) electrons. The summed E-state index contributed by atoms with van der Waals surface area (Å²) in [7, 11) is 0. The molecule has 0 saturated carbocycles. The molecule has 13 heavy (non-hydrogen) atoms. The van der Waals surface area contributed by atoms with Crippen LogP contribution in [0.15, 0.2) is 24.4 Å². The molecule has 1 aromatic carbocycles. The monoisotopic (exact) mass is 192 g/mol. The number of nitrogens with two attached hydrogens (primary N) is 1. The van der Waals surface area contributed by atoms with Gasteiger partial charge in [0.1, 0.15) is 0 Å². The standard InChI is InChI=1S/C10H9ClN2/c1-6-2-3-8(12)10-9(6)7(11)4-5-13-10/h2-5H,12H2,1H3. The number of hydrogen-bond acceptors (Lipinski definition) is 2. The van der Waals surface area contributed by atoms with E-state index in [0.717, 1.165) is 16.5 Å². The Balaban J connectivity index is 3.00. The molecular weight excluding hydrogens is 184 g/mol. The summed E-state index contributed by atoms with van der Waals surface area (Å²) < 4.78 is 0. The Morgan fingerprint density at radius 3 is 2.77 bits per heavy atom. The molecule has 2 nitrogen and oxygen atoms in total. The summed E-state index contributed by atoms with van der Waals surface area (Å²) in [5, 5.41) is 1.65. The maximum Gasteiger partial charge on any atom is 0.0948 e. The van der Waals surface area contributed by atoms with Crippen molar-refractivity contribution in [3.8, 4) is 0 Å². The maximum absolute atomic E-state index is 6.04. The van der Waals surface area contributed by atoms with E-state index in [1.54, 1.807) is 12.3 Å². The fourth-order valence-electron chi connectivity index (χ4n) is 1.41. The second-order valence-electron chi connectivity index (χ2n) is 2.99. The van der Waals surface area contributed by atoms with Crippen LogP contribution in [0, 0.1) is 6.92 Å². The van der Waals surface area contributed by atoms with E-state index in [1.165, 1.54) is 0 Å². The van der Waals surface area contributed by atoms with Crippen LogP contribution in [0.5, 0.6) is 0 Å². The van der Waals surface area contributed by atoms with E-state index in [2.05, 4.69) is 4.98 Å². The maximum atomic E-state index is 6.04. The zero-order valence-corrected chi connectivity index (χ0v) is 7.97. The van der Waals surface area contributed by atoms with Crippen molar-refractivity contribution in [2.24, 2.45) is 0 Å². The number of benzene rings is 1. The van der Waals surface area contributed by atoms with Crippen LogP contribution in [-0.2, 0) is 0 Å². The second-order valence-corrected chi connectivity index (χ2v) is 3.40. The number of pyridine rings is 1. The predicted octanol–water partition coefficient (Wildman–Crippen LogP) is 2.78. The van der Waals surface area contributed by atoms with Gasteiger partial charge in [-0.15, -0.1) is 0 Å². The fraction of sp³-hybridized carbons (Fsp3) is 0.100. The van der Waals surface area contributed by atoms with Gasteiger partial charge in [-0.05, 0) is 24.6 Å². The summed E-state index contributed by atoms with van der Waals surface area (Å²) >= 11 is 6.04. The van der Waals surface area contributed by atoms with E-state index in [0.29, 0.717) is 10.7 Å². The lowest BCUT2D eigenvalue weighted by molar-refractivity contribution is 1.39. The molecule has 2 rings (SSSR count). The third kappa shape index (κ3) is 1.23. The number of aryl methyl sites for hydroxylation is 1. The molecule has 3 heteroatoms. The normalized spacial score (nSPS) is 10.6. The van der Waals surface area contributed by atoms with Crippen LogP contribution in [0.1, 0.15) is 5.56 Å². The minimum Gasteiger partial charge on any atom is -0.397 e. The lowest BCUT2D eigenvalue weighted by Gasteiger charge is -2.05. The van der Waals surface area contributed by atoms with Crippen molar-refractivity contribution in [1.82, 2.24) is 4.98 Å². The molecule has 2 aromatic rings. The molecule has 1 heterocycles. The largest absolute Gasteiger partial charge is 0.397 e. The van der Waals surface area contributed by atoms with Crippen LogP contribution in [0.4, 0.5) is 5.69 Å². The van der Waals surface area contributed by atoms with Gasteiger partial charge in [-0.3, -0.25) is 4.98 Å². The number of anilines is 1. The molecular formula is C10H9ClN2. The summed E-state index contributed by atoms with van der Waals surface area (Å²) in [6.07, 6.45) is 1.67. The van der Waals surface area contributed by atoms with Crippen molar-refractivity contribution < 1.29 is 0 Å². The Labute approximate surface area is 81.3 Å². The Bertz CT molecular complexity index is 457. The van der Waals surface area contributed by atoms with Gasteiger partial charge in [-0.2, -0.15) is 0 Å². The van der Waals surface area contributed by atoms with Crippen molar-refractivity contribution >= 4 is 28.2 Å². The molecule has 2 N–H and O–H groups in total. The summed E-state index contributed by atoms with van der Waals surface area (Å²) in [5.41, 5.74) is 8.33. The van der Waals surface area contributed by atoms with Crippen LogP contribution in [0.3, 0.4) is 0 Å². The molecule has 0 aliphatic heterocycles. The summed E-state index contributed by atoms with van der Waals surface area (Å²) in [6.45, 7) is 2.00. The minimum atomic E-state index is 0.670. The van der Waals surface area contributed by atoms with Crippen LogP contribution in [0.25, 0.3) is 10.9 Å². The molecule has 0 bridgehead atoms. The molecule has 66 valence electrons. The number of nitrogens with zero attached hydrogens (tertiary/aromatic N) is 1. The van der Waals surface area contributed by atoms with Gasteiger partial charge in [0.15, 0.2) is 0 Å². The average molecular weight is 193 g/mol. The third-order valence-electron chi connectivity index (χ3n) is 2.08. The zero-order chi connectivity index (χ0) is 9.42. The van der Waals surface area contributed by atoms with Crippen LogP contribution in [-0.4, -0.2) is 4.98 Å². The van der Waals surface area contributed by atoms with Crippen LogP contribution in [0.2, 0.25) is 5.02 Å². The van der Waals surface area contributed by atoms with Gasteiger partial charge in [0.25, 0.3) is 0 Å². The molecule has 0 fully saturated rings. The highest BCUT2D eigenvalue weighted by atomic mass is 35.5. The first-order chi connectivity index (χ1) is 6.20. The molecule has 0 aliphatic rings. The first-order valence-corrected chi connectivity index (χ1v) is 4.37. The van der Waals surface area contributed by atoms with E-state index < -0.39 is 0 Å². The number of rotatable bonds is 0. The molecule has 0 atom stereocenters. The molecule has 0 saturated heterocycles. The van der Waals surface area contributed by atoms with E-state index in [9.17, 15) is 0 Å². The minimum absolute atomic E-state index is 0.670. The lowest BCUT2D eigenvalue weighted by atomic mass is 10.1. The van der Waals surface area contributed by atoms with Crippen molar-refractivity contribution in [3.05, 3.63) is 35.0 Å². The predicted molar refractivity (Wildman–Crippen MR) is 55.9 cm³/mol. The summed E-state index contributed by atoms with van der Waals surface area (Å²) in [5.74, 6) is 0. The lowest BCUT2D eigenvalue weighted by Crippen LogP contribution is -1.91. The Hall–Kier alpha value is -1.28. The number of aromatic nitrogens is 1. The van der Waals surface area contributed by atoms with Gasteiger partial charge in [0.05, 0.1) is 16.2 Å². The molecule has 0 spiro atoms. The first kappa shape index (κ1) is 8.32. The summed E-state index contributed by atoms with van der Waals surface area (Å²) in [6, 6.07) is 5.57. The third-order valence-corrected chi connectivity index (χ3v) is 2.40. The topological polar surface area (TPSA) is 38.9 Å². The quantitative estimate of drug-likeness (QED) is 0.652. The Morgan fingerprint density at radius 1 is 1.31 bits per heavy atom. The van der Waals surface area contributed by atoms with Crippen molar-refractivity contribution in [2.75, 3.05) is 5.73 Å². The van der Waals surface area contributed by atoms with Gasteiger partial charge in [-0.1, -0.05) is 17.7 Å². The molecule has 0 aliphatic carbocycles. The van der Waals surface area contributed by atoms with Crippen LogP contribution < -0.4 is 5.73 Å². The van der Waals surface area contributed by atoms with Crippen molar-refractivity contribution in [2.45, 2.75) is 6.92 Å². The Morgan fingerprint density at radius 2 is 2.08 bits per heavy atom. The summed E-state index contributed by atoms with van der Waals surface area (Å²) in [4.78, 5) is 4.19. The number of fused-ring (bicyclic) bond motifs is 1. The molecule has 0 unspecified atom stereocenters. The van der Waals surface area contributed by atoms with Gasteiger partial charge >= 0.3 is 0 Å². The number of halogens is 1. The molecule has 1 aromatic heterocycles. The van der Waals surface area contributed by atoms with Crippen LogP contribution >= 0.6 is 11.6 Å². The highest BCUT2D eigenvalue weighted by molar-refractivity contribution is 6.35. The van der Waals surface area contributed by atoms with E-state index in [-0.39, 0.29) is 0 Å². The zero-order valence-electron chi connectivity index (χ0n) is 7.21. The number of nitrogen functional groups attached to an aromatic ring is 1. The van der Waals surface area contributed by atoms with E-state index in [1.807, 2.05) is 19.1 Å². The number of hydrogen-bond donors (Lipinski definition) is 1. The van der Waals surface area contributed by atoms with Crippen molar-refractivity contribution in [1.29, 1.82) is 0 Å². The van der Waals surface area contributed by atoms with Gasteiger partial charge in [-0.25, -0.2) is 0 Å². The van der Waals surface area contributed by atoms with Crippen molar-refractivity contribution in [3.63, 3.8) is 0 Å². The highest BCUT2D eigenvalue weighted by Gasteiger charge is 2.04. The second kappa shape index (κ2) is 2.89. The van der Waals surface area contributed by atoms with E-state index in [4.69, 9.17) is 17.3 Å². The molecule has 0 amide bonds. The SMILES string of the molecule is Cc1ccc(N)c2nccc(Cl)c12. The van der Waals surface area contributed by atoms with Gasteiger partial charge < -0.3 is 5.73 Å². The average Bonchev–Trinajstić information content (AvgIpc) is 2.12. The fourth-order valence-corrected chi connectivity index (χ4v) is 1.70.